The Kier molecular flexibility index (Phi) is 2.77. The van der Waals surface area contributed by atoms with Gasteiger partial charge in [0, 0.05) is 18.2 Å². The highest BCUT2D eigenvalue weighted by Gasteiger charge is 2.30. The number of carbonyl (C=O) groups is 1. The molecule has 1 aromatic rings. The van der Waals surface area contributed by atoms with E-state index in [1.807, 2.05) is 13.8 Å². The molecule has 2 N–H and O–H groups in total. The molecule has 1 aliphatic carbocycles. The van der Waals surface area contributed by atoms with Crippen LogP contribution >= 0.6 is 0 Å². The highest BCUT2D eigenvalue weighted by atomic mass is 16.4. The van der Waals surface area contributed by atoms with Crippen LogP contribution in [0, 0.1) is 0 Å². The summed E-state index contributed by atoms with van der Waals surface area (Å²) in [6.45, 7) is 3.98. The second-order valence-corrected chi connectivity index (χ2v) is 4.37. The highest BCUT2D eigenvalue weighted by molar-refractivity contribution is 5.89. The maximum Gasteiger partial charge on any atom is 0.339 e. The Bertz CT molecular complexity index is 414. The molecule has 0 saturated heterocycles. The molecule has 1 fully saturated rings. The molecular formula is C11H15N3O2. The van der Waals surface area contributed by atoms with Gasteiger partial charge in [-0.2, -0.15) is 0 Å². The van der Waals surface area contributed by atoms with Crippen molar-refractivity contribution in [2.75, 3.05) is 5.32 Å². The molecule has 86 valence electrons. The molecule has 0 bridgehead atoms. The van der Waals surface area contributed by atoms with Crippen LogP contribution in [0.4, 0.5) is 5.95 Å². The summed E-state index contributed by atoms with van der Waals surface area (Å²) in [4.78, 5) is 19.3. The van der Waals surface area contributed by atoms with Crippen molar-refractivity contribution in [2.45, 2.75) is 38.6 Å². The van der Waals surface area contributed by atoms with Crippen molar-refractivity contribution in [3.8, 4) is 0 Å². The van der Waals surface area contributed by atoms with Crippen molar-refractivity contribution >= 4 is 11.9 Å². The van der Waals surface area contributed by atoms with Crippen LogP contribution < -0.4 is 5.32 Å². The molecule has 0 aliphatic heterocycles. The molecule has 1 heterocycles. The number of carboxylic acid groups (broad SMARTS) is 1. The van der Waals surface area contributed by atoms with Crippen LogP contribution in [0.3, 0.4) is 0 Å². The number of nitrogens with zero attached hydrogens (tertiary/aromatic N) is 2. The Morgan fingerprint density at radius 2 is 2.25 bits per heavy atom. The Morgan fingerprint density at radius 3 is 2.75 bits per heavy atom. The third-order valence-corrected chi connectivity index (χ3v) is 2.43. The van der Waals surface area contributed by atoms with E-state index in [1.165, 1.54) is 6.20 Å². The summed E-state index contributed by atoms with van der Waals surface area (Å²) in [5, 5.41) is 12.1. The summed E-state index contributed by atoms with van der Waals surface area (Å²) in [5.41, 5.74) is 0.905. The number of nitrogens with one attached hydrogen (secondary N) is 1. The first-order valence-corrected chi connectivity index (χ1v) is 5.44. The van der Waals surface area contributed by atoms with Crippen LogP contribution in [0.15, 0.2) is 6.20 Å². The van der Waals surface area contributed by atoms with Crippen LogP contribution in [-0.2, 0) is 0 Å². The Labute approximate surface area is 93.9 Å². The van der Waals surface area contributed by atoms with E-state index in [9.17, 15) is 4.79 Å². The van der Waals surface area contributed by atoms with Gasteiger partial charge >= 0.3 is 5.97 Å². The van der Waals surface area contributed by atoms with Crippen molar-refractivity contribution in [3.63, 3.8) is 0 Å². The minimum absolute atomic E-state index is 0.233. The Hall–Kier alpha value is -1.65. The first-order chi connectivity index (χ1) is 7.58. The maximum absolute atomic E-state index is 11.0. The quantitative estimate of drug-likeness (QED) is 0.811. The minimum atomic E-state index is -0.946. The highest BCUT2D eigenvalue weighted by Crippen LogP contribution is 2.40. The summed E-state index contributed by atoms with van der Waals surface area (Å²) in [6, 6.07) is 0.239. The fourth-order valence-corrected chi connectivity index (χ4v) is 1.56. The zero-order valence-corrected chi connectivity index (χ0v) is 9.40. The molecule has 0 aromatic carbocycles. The molecule has 5 nitrogen and oxygen atoms in total. The van der Waals surface area contributed by atoms with Crippen LogP contribution in [0.5, 0.6) is 0 Å². The first-order valence-electron chi connectivity index (χ1n) is 5.44. The molecule has 2 rings (SSSR count). The van der Waals surface area contributed by atoms with Crippen molar-refractivity contribution in [2.24, 2.45) is 0 Å². The number of hydrogen-bond donors (Lipinski definition) is 2. The van der Waals surface area contributed by atoms with E-state index in [1.54, 1.807) is 0 Å². The van der Waals surface area contributed by atoms with E-state index < -0.39 is 5.97 Å². The van der Waals surface area contributed by atoms with Crippen LogP contribution in [0.25, 0.3) is 0 Å². The average Bonchev–Trinajstić information content (AvgIpc) is 2.99. The lowest BCUT2D eigenvalue weighted by atomic mass is 10.1. The molecule has 0 amide bonds. The SMILES string of the molecule is CC(C)Nc1ncc(C(=O)O)c(C2CC2)n1. The van der Waals surface area contributed by atoms with E-state index in [0.717, 1.165) is 12.8 Å². The van der Waals surface area contributed by atoms with Gasteiger partial charge in [-0.1, -0.05) is 0 Å². The number of hydrogen-bond acceptors (Lipinski definition) is 4. The standard InChI is InChI=1S/C11H15N3O2/c1-6(2)13-11-12-5-8(10(15)16)9(14-11)7-3-4-7/h5-7H,3-4H2,1-2H3,(H,15,16)(H,12,13,14). The van der Waals surface area contributed by atoms with Gasteiger partial charge in [-0.3, -0.25) is 0 Å². The molecular weight excluding hydrogens is 206 g/mol. The minimum Gasteiger partial charge on any atom is -0.478 e. The van der Waals surface area contributed by atoms with E-state index in [0.29, 0.717) is 17.6 Å². The van der Waals surface area contributed by atoms with Gasteiger partial charge in [0.05, 0.1) is 11.3 Å². The molecule has 1 saturated carbocycles. The largest absolute Gasteiger partial charge is 0.478 e. The van der Waals surface area contributed by atoms with Gasteiger partial charge < -0.3 is 10.4 Å². The number of aromatic nitrogens is 2. The Morgan fingerprint density at radius 1 is 1.56 bits per heavy atom. The zero-order chi connectivity index (χ0) is 11.7. The van der Waals surface area contributed by atoms with Crippen molar-refractivity contribution in [1.29, 1.82) is 0 Å². The maximum atomic E-state index is 11.0. The van der Waals surface area contributed by atoms with E-state index in [-0.39, 0.29) is 11.6 Å². The third-order valence-electron chi connectivity index (χ3n) is 2.43. The lowest BCUT2D eigenvalue weighted by molar-refractivity contribution is 0.0694. The molecule has 0 spiro atoms. The molecule has 0 radical (unpaired) electrons. The number of carboxylic acids is 1. The van der Waals surface area contributed by atoms with Crippen molar-refractivity contribution < 1.29 is 9.90 Å². The number of anilines is 1. The van der Waals surface area contributed by atoms with Gasteiger partial charge in [0.2, 0.25) is 5.95 Å². The Balaban J connectivity index is 2.32. The van der Waals surface area contributed by atoms with Crippen molar-refractivity contribution in [1.82, 2.24) is 9.97 Å². The van der Waals surface area contributed by atoms with Gasteiger partial charge in [0.25, 0.3) is 0 Å². The van der Waals surface area contributed by atoms with Gasteiger partial charge in [-0.15, -0.1) is 0 Å². The smallest absolute Gasteiger partial charge is 0.339 e. The van der Waals surface area contributed by atoms with Crippen LogP contribution in [0.2, 0.25) is 0 Å². The fraction of sp³-hybridized carbons (Fsp3) is 0.545. The monoisotopic (exact) mass is 221 g/mol. The van der Waals surface area contributed by atoms with E-state index in [2.05, 4.69) is 15.3 Å². The molecule has 0 atom stereocenters. The van der Waals surface area contributed by atoms with E-state index in [4.69, 9.17) is 5.11 Å². The normalized spacial score (nSPS) is 15.2. The predicted octanol–water partition coefficient (Wildman–Crippen LogP) is 1.87. The van der Waals surface area contributed by atoms with Gasteiger partial charge in [0.15, 0.2) is 0 Å². The van der Waals surface area contributed by atoms with Crippen molar-refractivity contribution in [3.05, 3.63) is 17.5 Å². The summed E-state index contributed by atoms with van der Waals surface area (Å²) in [7, 11) is 0. The second kappa shape index (κ2) is 4.08. The second-order valence-electron chi connectivity index (χ2n) is 4.37. The summed E-state index contributed by atoms with van der Waals surface area (Å²) in [5.74, 6) is -0.123. The van der Waals surface area contributed by atoms with Gasteiger partial charge in [0.1, 0.15) is 0 Å². The molecule has 0 unspecified atom stereocenters. The molecule has 16 heavy (non-hydrogen) atoms. The summed E-state index contributed by atoms with van der Waals surface area (Å²) >= 11 is 0. The first kappa shape index (κ1) is 10.9. The number of aromatic carboxylic acids is 1. The van der Waals surface area contributed by atoms with Gasteiger partial charge in [-0.25, -0.2) is 14.8 Å². The fourth-order valence-electron chi connectivity index (χ4n) is 1.56. The third kappa shape index (κ3) is 2.29. The zero-order valence-electron chi connectivity index (χ0n) is 9.40. The topological polar surface area (TPSA) is 75.1 Å². The molecule has 1 aromatic heterocycles. The lowest BCUT2D eigenvalue weighted by Gasteiger charge is -2.10. The summed E-state index contributed by atoms with van der Waals surface area (Å²) in [6.07, 6.45) is 3.45. The number of rotatable bonds is 4. The molecule has 1 aliphatic rings. The van der Waals surface area contributed by atoms with Crippen LogP contribution in [-0.4, -0.2) is 27.1 Å². The average molecular weight is 221 g/mol. The lowest BCUT2D eigenvalue weighted by Crippen LogP contribution is -2.15. The molecule has 5 heteroatoms. The van der Waals surface area contributed by atoms with Gasteiger partial charge in [-0.05, 0) is 26.7 Å². The summed E-state index contributed by atoms with van der Waals surface area (Å²) < 4.78 is 0. The van der Waals surface area contributed by atoms with Crippen LogP contribution in [0.1, 0.15) is 48.7 Å². The van der Waals surface area contributed by atoms with E-state index >= 15 is 0 Å². The predicted molar refractivity (Wildman–Crippen MR) is 59.7 cm³/mol.